The fraction of sp³-hybridized carbons (Fsp3) is 0.462. The number of benzene rings is 1. The van der Waals surface area contributed by atoms with Gasteiger partial charge < -0.3 is 4.74 Å². The fourth-order valence-corrected chi connectivity index (χ4v) is 2.37. The summed E-state index contributed by atoms with van der Waals surface area (Å²) < 4.78 is 21.3. The molecule has 1 aliphatic rings. The van der Waals surface area contributed by atoms with Crippen molar-refractivity contribution in [2.24, 2.45) is 4.40 Å². The molecule has 0 amide bonds. The number of fused-ring (bicyclic) bond motifs is 1. The molecule has 7 heteroatoms. The van der Waals surface area contributed by atoms with E-state index in [9.17, 15) is 14.3 Å². The molecule has 1 unspecified atom stereocenters. The normalized spacial score (nSPS) is 18.2. The molecule has 108 valence electrons. The van der Waals surface area contributed by atoms with Gasteiger partial charge in [-0.3, -0.25) is 10.1 Å². The molecule has 1 atom stereocenters. The van der Waals surface area contributed by atoms with Crippen LogP contribution in [0.25, 0.3) is 0 Å². The van der Waals surface area contributed by atoms with Crippen LogP contribution in [0.2, 0.25) is 0 Å². The molecule has 0 saturated heterocycles. The first-order valence-corrected chi connectivity index (χ1v) is 7.31. The van der Waals surface area contributed by atoms with Gasteiger partial charge >= 0.3 is 0 Å². The van der Waals surface area contributed by atoms with Gasteiger partial charge in [0.1, 0.15) is 16.7 Å². The zero-order valence-electron chi connectivity index (χ0n) is 11.6. The van der Waals surface area contributed by atoms with Crippen LogP contribution in [0.1, 0.15) is 32.8 Å². The van der Waals surface area contributed by atoms with Crippen LogP contribution in [-0.4, -0.2) is 26.2 Å². The minimum absolute atomic E-state index is 0.0245. The second-order valence-electron chi connectivity index (χ2n) is 5.44. The number of hydrogen-bond acceptors (Lipinski definition) is 4. The van der Waals surface area contributed by atoms with Crippen molar-refractivity contribution in [1.82, 2.24) is 0 Å². The smallest absolute Gasteiger partial charge is 0.270 e. The fourth-order valence-electron chi connectivity index (χ4n) is 1.71. The van der Waals surface area contributed by atoms with Crippen molar-refractivity contribution in [3.05, 3.63) is 33.9 Å². The summed E-state index contributed by atoms with van der Waals surface area (Å²) in [6.07, 6.45) is 0.496. The quantitative estimate of drug-likeness (QED) is 0.620. The van der Waals surface area contributed by atoms with Gasteiger partial charge in [0.15, 0.2) is 0 Å². The molecule has 1 aromatic rings. The van der Waals surface area contributed by atoms with E-state index in [4.69, 9.17) is 4.74 Å². The zero-order valence-corrected chi connectivity index (χ0v) is 12.4. The van der Waals surface area contributed by atoms with Gasteiger partial charge in [0.2, 0.25) is 0 Å². The monoisotopic (exact) mass is 296 g/mol. The van der Waals surface area contributed by atoms with Crippen molar-refractivity contribution < 1.29 is 13.9 Å². The summed E-state index contributed by atoms with van der Waals surface area (Å²) in [5, 5.41) is 10.8. The lowest BCUT2D eigenvalue weighted by Gasteiger charge is -2.20. The van der Waals surface area contributed by atoms with Gasteiger partial charge in [-0.25, -0.2) is 4.21 Å². The molecule has 0 saturated carbocycles. The highest BCUT2D eigenvalue weighted by Gasteiger charge is 2.24. The molecular weight excluding hydrogens is 280 g/mol. The number of ether oxygens (including phenoxy) is 1. The summed E-state index contributed by atoms with van der Waals surface area (Å²) in [7, 11) is -1.40. The lowest BCUT2D eigenvalue weighted by atomic mass is 10.0. The Bertz CT molecular complexity index is 605. The minimum Gasteiger partial charge on any atom is -0.492 e. The van der Waals surface area contributed by atoms with E-state index < -0.39 is 20.7 Å². The highest BCUT2D eigenvalue weighted by Crippen LogP contribution is 2.29. The van der Waals surface area contributed by atoms with E-state index in [1.165, 1.54) is 12.1 Å². The van der Waals surface area contributed by atoms with Crippen LogP contribution in [0.15, 0.2) is 22.6 Å². The molecule has 0 aliphatic carbocycles. The second kappa shape index (κ2) is 5.32. The Morgan fingerprint density at radius 3 is 2.70 bits per heavy atom. The van der Waals surface area contributed by atoms with Crippen LogP contribution in [0.3, 0.4) is 0 Å². The molecule has 1 aliphatic heterocycles. The van der Waals surface area contributed by atoms with Crippen molar-refractivity contribution in [3.8, 4) is 5.75 Å². The Balaban J connectivity index is 2.46. The summed E-state index contributed by atoms with van der Waals surface area (Å²) in [5.41, 5.74) is 1.13. The average Bonchev–Trinajstić information content (AvgIpc) is 2.37. The molecule has 6 nitrogen and oxygen atoms in total. The number of nitro groups is 1. The van der Waals surface area contributed by atoms with Gasteiger partial charge in [-0.1, -0.05) is 0 Å². The Morgan fingerprint density at radius 2 is 2.10 bits per heavy atom. The molecule has 1 heterocycles. The van der Waals surface area contributed by atoms with E-state index in [1.54, 1.807) is 6.07 Å². The Hall–Kier alpha value is -1.76. The number of rotatable bonds is 2. The zero-order chi connectivity index (χ0) is 14.9. The molecule has 0 aromatic heterocycles. The van der Waals surface area contributed by atoms with Crippen LogP contribution in [0, 0.1) is 10.1 Å². The minimum atomic E-state index is -1.40. The second-order valence-corrected chi connectivity index (χ2v) is 7.34. The van der Waals surface area contributed by atoms with E-state index >= 15 is 0 Å². The first-order valence-electron chi connectivity index (χ1n) is 6.20. The maximum atomic E-state index is 12.1. The van der Waals surface area contributed by atoms with E-state index in [0.717, 1.165) is 0 Å². The van der Waals surface area contributed by atoms with Crippen LogP contribution in [-0.2, 0) is 11.0 Å². The molecule has 20 heavy (non-hydrogen) atoms. The van der Waals surface area contributed by atoms with E-state index in [1.807, 2.05) is 20.8 Å². The third kappa shape index (κ3) is 3.04. The highest BCUT2D eigenvalue weighted by molar-refractivity contribution is 7.85. The SMILES string of the molecule is CC(C)(C)S(=O)N=C1CCOc2ccc([N+](=O)[O-])cc21. The van der Waals surface area contributed by atoms with Crippen LogP contribution in [0.5, 0.6) is 5.75 Å². The molecule has 0 bridgehead atoms. The van der Waals surface area contributed by atoms with E-state index in [-0.39, 0.29) is 5.69 Å². The Kier molecular flexibility index (Phi) is 3.89. The molecule has 1 aromatic carbocycles. The first kappa shape index (κ1) is 14.6. The third-order valence-corrected chi connectivity index (χ3v) is 4.23. The highest BCUT2D eigenvalue weighted by atomic mass is 32.2. The largest absolute Gasteiger partial charge is 0.492 e. The Morgan fingerprint density at radius 1 is 1.40 bits per heavy atom. The van der Waals surface area contributed by atoms with Crippen LogP contribution in [0.4, 0.5) is 5.69 Å². The maximum Gasteiger partial charge on any atom is 0.270 e. The molecule has 0 radical (unpaired) electrons. The maximum absolute atomic E-state index is 12.1. The molecule has 0 spiro atoms. The summed E-state index contributed by atoms with van der Waals surface area (Å²) in [6, 6.07) is 4.37. The summed E-state index contributed by atoms with van der Waals surface area (Å²) in [5.74, 6) is 0.548. The topological polar surface area (TPSA) is 81.8 Å². The van der Waals surface area contributed by atoms with E-state index in [2.05, 4.69) is 4.40 Å². The van der Waals surface area contributed by atoms with Gasteiger partial charge in [0.05, 0.1) is 22.0 Å². The van der Waals surface area contributed by atoms with Crippen molar-refractivity contribution in [2.45, 2.75) is 31.9 Å². The summed E-state index contributed by atoms with van der Waals surface area (Å²) in [6.45, 7) is 5.94. The van der Waals surface area contributed by atoms with Crippen molar-refractivity contribution >= 4 is 22.4 Å². The molecule has 2 rings (SSSR count). The first-order chi connectivity index (χ1) is 9.29. The summed E-state index contributed by atoms with van der Waals surface area (Å²) >= 11 is 0. The molecule has 0 N–H and O–H groups in total. The van der Waals surface area contributed by atoms with Crippen molar-refractivity contribution in [2.75, 3.05) is 6.61 Å². The van der Waals surface area contributed by atoms with Gasteiger partial charge in [0, 0.05) is 24.1 Å². The van der Waals surface area contributed by atoms with Crippen LogP contribution < -0.4 is 4.74 Å². The Labute approximate surface area is 119 Å². The standard InChI is InChI=1S/C13H16N2O4S/c1-13(2,3)20(18)14-11-6-7-19-12-5-4-9(15(16)17)8-10(11)12/h4-5,8H,6-7H2,1-3H3. The molecular formula is C13H16N2O4S. The predicted molar refractivity (Wildman–Crippen MR) is 77.6 cm³/mol. The van der Waals surface area contributed by atoms with Gasteiger partial charge in [-0.2, -0.15) is 4.40 Å². The van der Waals surface area contributed by atoms with Crippen LogP contribution >= 0.6 is 0 Å². The lowest BCUT2D eigenvalue weighted by molar-refractivity contribution is -0.384. The number of nitrogens with zero attached hydrogens (tertiary/aromatic N) is 2. The van der Waals surface area contributed by atoms with Crippen molar-refractivity contribution in [3.63, 3.8) is 0 Å². The summed E-state index contributed by atoms with van der Waals surface area (Å²) in [4.78, 5) is 10.4. The predicted octanol–water partition coefficient (Wildman–Crippen LogP) is 2.63. The molecule has 0 fully saturated rings. The lowest BCUT2D eigenvalue weighted by Crippen LogP contribution is -2.23. The third-order valence-electron chi connectivity index (χ3n) is 2.80. The van der Waals surface area contributed by atoms with Gasteiger partial charge in [-0.15, -0.1) is 0 Å². The van der Waals surface area contributed by atoms with Gasteiger partial charge in [0.25, 0.3) is 5.69 Å². The number of non-ortho nitro benzene ring substituents is 1. The number of hydrogen-bond donors (Lipinski definition) is 0. The number of nitro benzene ring substituents is 1. The van der Waals surface area contributed by atoms with E-state index in [0.29, 0.717) is 30.1 Å². The van der Waals surface area contributed by atoms with Crippen molar-refractivity contribution in [1.29, 1.82) is 0 Å². The average molecular weight is 296 g/mol. The van der Waals surface area contributed by atoms with Gasteiger partial charge in [-0.05, 0) is 26.8 Å².